The summed E-state index contributed by atoms with van der Waals surface area (Å²) in [5.74, 6) is -1.62. The Hall–Kier alpha value is -1.71. The average Bonchev–Trinajstić information content (AvgIpc) is 2.32. The summed E-state index contributed by atoms with van der Waals surface area (Å²) in [7, 11) is 1.27. The first-order valence-electron chi connectivity index (χ1n) is 5.43. The summed E-state index contributed by atoms with van der Waals surface area (Å²) in [6, 6.07) is 2.92. The molecule has 0 radical (unpaired) electrons. The van der Waals surface area contributed by atoms with E-state index in [0.717, 1.165) is 5.56 Å². The molecule has 0 saturated carbocycles. The van der Waals surface area contributed by atoms with Gasteiger partial charge in [0.05, 0.1) is 13.0 Å². The van der Waals surface area contributed by atoms with Gasteiger partial charge in [0, 0.05) is 12.0 Å². The van der Waals surface area contributed by atoms with E-state index in [1.54, 1.807) is 13.0 Å². The van der Waals surface area contributed by atoms with Crippen LogP contribution in [0.4, 0.5) is 4.39 Å². The zero-order valence-electron chi connectivity index (χ0n) is 9.75. The number of esters is 1. The van der Waals surface area contributed by atoms with Gasteiger partial charge in [0.25, 0.3) is 0 Å². The number of Topliss-reactive ketones (excluding diaryl/α,β-unsaturated/α-hetero) is 1. The molecule has 0 saturated heterocycles. The summed E-state index contributed by atoms with van der Waals surface area (Å²) < 4.78 is 18.3. The van der Waals surface area contributed by atoms with Gasteiger partial charge in [-0.15, -0.1) is 0 Å². The molecular weight excluding hydrogens is 223 g/mol. The lowest BCUT2D eigenvalue weighted by Gasteiger charge is -2.23. The van der Waals surface area contributed by atoms with Gasteiger partial charge in [-0.05, 0) is 30.5 Å². The van der Waals surface area contributed by atoms with Gasteiger partial charge in [0.1, 0.15) is 5.82 Å². The van der Waals surface area contributed by atoms with Crippen LogP contribution in [-0.2, 0) is 16.0 Å². The number of halogens is 1. The number of methoxy groups -OCH3 is 1. The number of carbonyl (C=O) groups is 2. The summed E-state index contributed by atoms with van der Waals surface area (Å²) in [6.07, 6.45) is 0.339. The van der Waals surface area contributed by atoms with Crippen LogP contribution in [-0.4, -0.2) is 18.9 Å². The van der Waals surface area contributed by atoms with Crippen LogP contribution in [0.2, 0.25) is 0 Å². The second-order valence-electron chi connectivity index (χ2n) is 4.27. The van der Waals surface area contributed by atoms with Gasteiger partial charge >= 0.3 is 5.97 Å². The number of rotatable bonds is 1. The van der Waals surface area contributed by atoms with Crippen molar-refractivity contribution in [3.63, 3.8) is 0 Å². The first kappa shape index (κ1) is 11.8. The lowest BCUT2D eigenvalue weighted by Crippen LogP contribution is -2.28. The third-order valence-corrected chi connectivity index (χ3v) is 3.16. The molecule has 1 aliphatic rings. The molecule has 0 aliphatic heterocycles. The van der Waals surface area contributed by atoms with Crippen LogP contribution in [0.5, 0.6) is 0 Å². The molecule has 4 heteroatoms. The van der Waals surface area contributed by atoms with Crippen LogP contribution in [0, 0.1) is 18.7 Å². The summed E-state index contributed by atoms with van der Waals surface area (Å²) in [5, 5.41) is 0. The third-order valence-electron chi connectivity index (χ3n) is 3.16. The molecule has 0 aromatic heterocycles. The largest absolute Gasteiger partial charge is 0.469 e. The van der Waals surface area contributed by atoms with Crippen molar-refractivity contribution in [2.24, 2.45) is 5.92 Å². The fourth-order valence-electron chi connectivity index (χ4n) is 2.31. The van der Waals surface area contributed by atoms with Gasteiger partial charge in [0.15, 0.2) is 5.78 Å². The Morgan fingerprint density at radius 3 is 2.76 bits per heavy atom. The third kappa shape index (κ3) is 1.95. The van der Waals surface area contributed by atoms with E-state index in [4.69, 9.17) is 0 Å². The number of hydrogen-bond acceptors (Lipinski definition) is 3. The summed E-state index contributed by atoms with van der Waals surface area (Å²) in [4.78, 5) is 23.3. The molecule has 3 nitrogen and oxygen atoms in total. The van der Waals surface area contributed by atoms with Gasteiger partial charge < -0.3 is 4.74 Å². The van der Waals surface area contributed by atoms with Crippen molar-refractivity contribution < 1.29 is 18.7 Å². The van der Waals surface area contributed by atoms with Gasteiger partial charge in [-0.3, -0.25) is 9.59 Å². The van der Waals surface area contributed by atoms with E-state index < -0.39 is 17.7 Å². The van der Waals surface area contributed by atoms with Crippen LogP contribution in [0.1, 0.15) is 27.9 Å². The van der Waals surface area contributed by atoms with Crippen LogP contribution < -0.4 is 0 Å². The van der Waals surface area contributed by atoms with E-state index in [1.807, 2.05) is 0 Å². The molecule has 0 heterocycles. The van der Waals surface area contributed by atoms with E-state index in [-0.39, 0.29) is 18.6 Å². The fraction of sp³-hybridized carbons (Fsp3) is 0.385. The van der Waals surface area contributed by atoms with Gasteiger partial charge in [-0.25, -0.2) is 4.39 Å². The molecule has 0 spiro atoms. The van der Waals surface area contributed by atoms with E-state index in [1.165, 1.54) is 13.2 Å². The molecule has 0 bridgehead atoms. The van der Waals surface area contributed by atoms with Gasteiger partial charge in [0.2, 0.25) is 0 Å². The Bertz CT molecular complexity index is 494. The zero-order valence-corrected chi connectivity index (χ0v) is 9.75. The van der Waals surface area contributed by atoms with Crippen molar-refractivity contribution in [2.45, 2.75) is 19.8 Å². The number of carbonyl (C=O) groups excluding carboxylic acids is 2. The van der Waals surface area contributed by atoms with Crippen molar-refractivity contribution in [3.8, 4) is 0 Å². The molecule has 0 amide bonds. The second-order valence-corrected chi connectivity index (χ2v) is 4.27. The lowest BCUT2D eigenvalue weighted by molar-refractivity contribution is -0.145. The molecule has 1 aromatic rings. The topological polar surface area (TPSA) is 43.4 Å². The number of ketones is 1. The minimum atomic E-state index is -0.559. The monoisotopic (exact) mass is 236 g/mol. The number of fused-ring (bicyclic) bond motifs is 1. The Labute approximate surface area is 98.6 Å². The highest BCUT2D eigenvalue weighted by Gasteiger charge is 2.33. The maximum absolute atomic E-state index is 13.7. The van der Waals surface area contributed by atoms with Crippen LogP contribution in [0.25, 0.3) is 0 Å². The average molecular weight is 236 g/mol. The maximum Gasteiger partial charge on any atom is 0.309 e. The van der Waals surface area contributed by atoms with Gasteiger partial charge in [-0.2, -0.15) is 0 Å². The molecular formula is C13H13FO3. The van der Waals surface area contributed by atoms with E-state index in [9.17, 15) is 14.0 Å². The van der Waals surface area contributed by atoms with Crippen molar-refractivity contribution in [1.82, 2.24) is 0 Å². The van der Waals surface area contributed by atoms with Crippen molar-refractivity contribution in [3.05, 3.63) is 34.6 Å². The Balaban J connectivity index is 2.46. The Morgan fingerprint density at radius 1 is 1.41 bits per heavy atom. The first-order valence-corrected chi connectivity index (χ1v) is 5.43. The van der Waals surface area contributed by atoms with Crippen molar-refractivity contribution >= 4 is 11.8 Å². The minimum absolute atomic E-state index is 0.101. The Kier molecular flexibility index (Phi) is 2.96. The number of benzene rings is 1. The fourth-order valence-corrected chi connectivity index (χ4v) is 2.31. The second kappa shape index (κ2) is 4.28. The van der Waals surface area contributed by atoms with Crippen LogP contribution in [0.15, 0.2) is 12.1 Å². The summed E-state index contributed by atoms with van der Waals surface area (Å²) in [5.41, 5.74) is 1.54. The smallest absolute Gasteiger partial charge is 0.309 e. The number of aryl methyl sites for hydroxylation is 1. The minimum Gasteiger partial charge on any atom is -0.469 e. The standard InChI is InChI=1S/C13H13FO3/c1-7-3-4-10(14)9-5-8(13(16)17-2)6-11(15)12(7)9/h3-4,8H,5-6H2,1-2H3. The molecule has 1 atom stereocenters. The highest BCUT2D eigenvalue weighted by molar-refractivity contribution is 6.02. The SMILES string of the molecule is COC(=O)C1CC(=O)c2c(C)ccc(F)c2C1. The highest BCUT2D eigenvalue weighted by atomic mass is 19.1. The van der Waals surface area contributed by atoms with Crippen LogP contribution in [0.3, 0.4) is 0 Å². The molecule has 1 aliphatic carbocycles. The summed E-state index contributed by atoms with van der Waals surface area (Å²) in [6.45, 7) is 1.77. The quantitative estimate of drug-likeness (QED) is 0.701. The summed E-state index contributed by atoms with van der Waals surface area (Å²) >= 11 is 0. The first-order chi connectivity index (χ1) is 8.04. The van der Waals surface area contributed by atoms with Crippen molar-refractivity contribution in [1.29, 1.82) is 0 Å². The van der Waals surface area contributed by atoms with E-state index in [0.29, 0.717) is 11.1 Å². The Morgan fingerprint density at radius 2 is 2.12 bits per heavy atom. The molecule has 0 N–H and O–H groups in total. The maximum atomic E-state index is 13.7. The molecule has 2 rings (SSSR count). The predicted molar refractivity (Wildman–Crippen MR) is 59.3 cm³/mol. The predicted octanol–water partition coefficient (Wildman–Crippen LogP) is 2.05. The van der Waals surface area contributed by atoms with E-state index in [2.05, 4.69) is 4.74 Å². The highest BCUT2D eigenvalue weighted by Crippen LogP contribution is 2.30. The molecule has 1 aromatic carbocycles. The number of hydrogen-bond donors (Lipinski definition) is 0. The molecule has 1 unspecified atom stereocenters. The van der Waals surface area contributed by atoms with Crippen LogP contribution >= 0.6 is 0 Å². The molecule has 17 heavy (non-hydrogen) atoms. The number of ether oxygens (including phenoxy) is 1. The van der Waals surface area contributed by atoms with Gasteiger partial charge in [-0.1, -0.05) is 6.07 Å². The molecule has 0 fully saturated rings. The van der Waals surface area contributed by atoms with Crippen molar-refractivity contribution in [2.75, 3.05) is 7.11 Å². The molecule has 90 valence electrons. The normalized spacial score (nSPS) is 18.8. The van der Waals surface area contributed by atoms with E-state index >= 15 is 0 Å². The lowest BCUT2D eigenvalue weighted by atomic mass is 9.81. The zero-order chi connectivity index (χ0) is 12.6.